The van der Waals surface area contributed by atoms with Gasteiger partial charge in [0.15, 0.2) is 0 Å². The summed E-state index contributed by atoms with van der Waals surface area (Å²) in [5, 5.41) is 8.60. The molecule has 13 nitrogen and oxygen atoms in total. The maximum atomic E-state index is 14.1. The molecule has 0 spiro atoms. The van der Waals surface area contributed by atoms with Crippen molar-refractivity contribution in [1.29, 1.82) is 0 Å². The standard InChI is InChI=1S/C35H44N8O5/c1-35(2,3)48-34(47)39-18-21-9-11-23(12-10-21)31(45)43(26-13-14-27-29(17-26)40-41-30(27)44)32(46)28(36)16-22-7-6-8-24(15-22)25-19-37-33(38-20-25)42(4)5/h6-8,13-15,17,19-21,23,28H,9-12,16,18,36H2,1-5H3,(H,39,47)(H2,40,41,44)/t21?,23?,28-/m0/s1. The third-order valence-corrected chi connectivity index (χ3v) is 8.46. The monoisotopic (exact) mass is 656 g/mol. The van der Waals surface area contributed by atoms with Gasteiger partial charge in [0.25, 0.3) is 11.5 Å². The topological polar surface area (TPSA) is 179 Å². The van der Waals surface area contributed by atoms with Crippen molar-refractivity contribution in [3.05, 3.63) is 70.8 Å². The van der Waals surface area contributed by atoms with Crippen LogP contribution in [0.2, 0.25) is 0 Å². The number of amides is 3. The number of carbonyl (C=O) groups is 3. The second-order valence-electron chi connectivity index (χ2n) is 13.6. The summed E-state index contributed by atoms with van der Waals surface area (Å²) < 4.78 is 5.34. The molecular weight excluding hydrogens is 612 g/mol. The molecule has 2 aromatic heterocycles. The Hall–Kier alpha value is -5.04. The van der Waals surface area contributed by atoms with E-state index in [0.717, 1.165) is 16.7 Å². The first kappa shape index (κ1) is 34.3. The predicted octanol–water partition coefficient (Wildman–Crippen LogP) is 4.14. The molecule has 4 aromatic rings. The van der Waals surface area contributed by atoms with Crippen molar-refractivity contribution in [1.82, 2.24) is 25.5 Å². The van der Waals surface area contributed by atoms with Gasteiger partial charge in [-0.1, -0.05) is 24.3 Å². The molecule has 1 aliphatic rings. The first-order chi connectivity index (χ1) is 22.8. The van der Waals surface area contributed by atoms with Crippen molar-refractivity contribution in [2.75, 3.05) is 30.4 Å². The number of rotatable bonds is 9. The zero-order valence-electron chi connectivity index (χ0n) is 28.1. The molecule has 3 amide bonds. The molecule has 0 unspecified atom stereocenters. The number of imide groups is 1. The molecule has 1 aliphatic carbocycles. The third-order valence-electron chi connectivity index (χ3n) is 8.46. The van der Waals surface area contributed by atoms with E-state index < -0.39 is 29.6 Å². The number of H-pyrrole nitrogens is 2. The number of hydrogen-bond acceptors (Lipinski definition) is 9. The quantitative estimate of drug-likeness (QED) is 0.206. The molecule has 1 atom stereocenters. The van der Waals surface area contributed by atoms with Gasteiger partial charge in [0.2, 0.25) is 11.9 Å². The Labute approximate surface area is 279 Å². The number of nitrogens with one attached hydrogen (secondary N) is 3. The van der Waals surface area contributed by atoms with E-state index in [1.807, 2.05) is 64.0 Å². The summed E-state index contributed by atoms with van der Waals surface area (Å²) >= 11 is 0. The third kappa shape index (κ3) is 8.26. The Morgan fingerprint density at radius 3 is 2.38 bits per heavy atom. The number of ether oxygens (including phenoxy) is 1. The zero-order valence-corrected chi connectivity index (χ0v) is 28.1. The van der Waals surface area contributed by atoms with E-state index in [4.69, 9.17) is 10.5 Å². The van der Waals surface area contributed by atoms with E-state index in [1.165, 1.54) is 4.90 Å². The predicted molar refractivity (Wildman–Crippen MR) is 185 cm³/mol. The fourth-order valence-electron chi connectivity index (χ4n) is 5.95. The number of nitrogens with zero attached hydrogens (tertiary/aromatic N) is 4. The van der Waals surface area contributed by atoms with Gasteiger partial charge in [0.1, 0.15) is 5.60 Å². The lowest BCUT2D eigenvalue weighted by Crippen LogP contribution is -2.50. The summed E-state index contributed by atoms with van der Waals surface area (Å²) in [5.41, 5.74) is 9.01. The van der Waals surface area contributed by atoms with Crippen molar-refractivity contribution in [2.24, 2.45) is 17.6 Å². The molecule has 2 aromatic carbocycles. The second-order valence-corrected chi connectivity index (χ2v) is 13.6. The van der Waals surface area contributed by atoms with Gasteiger partial charge in [-0.2, -0.15) is 0 Å². The van der Waals surface area contributed by atoms with Crippen LogP contribution in [0.4, 0.5) is 16.4 Å². The minimum atomic E-state index is -1.02. The van der Waals surface area contributed by atoms with Crippen molar-refractivity contribution >= 4 is 40.4 Å². The number of carbonyl (C=O) groups excluding carboxylic acids is 3. The van der Waals surface area contributed by atoms with Crippen LogP contribution < -0.4 is 26.4 Å². The second kappa shape index (κ2) is 14.4. The summed E-state index contributed by atoms with van der Waals surface area (Å²) in [7, 11) is 3.74. The molecule has 254 valence electrons. The first-order valence-corrected chi connectivity index (χ1v) is 16.2. The molecule has 0 aliphatic heterocycles. The maximum absolute atomic E-state index is 14.1. The highest BCUT2D eigenvalue weighted by atomic mass is 16.6. The Balaban J connectivity index is 1.32. The minimum absolute atomic E-state index is 0.186. The lowest BCUT2D eigenvalue weighted by Gasteiger charge is -2.32. The highest BCUT2D eigenvalue weighted by molar-refractivity contribution is 6.17. The van der Waals surface area contributed by atoms with E-state index >= 15 is 0 Å². The molecule has 0 radical (unpaired) electrons. The van der Waals surface area contributed by atoms with Crippen LogP contribution in [0, 0.1) is 11.8 Å². The Morgan fingerprint density at radius 1 is 1.00 bits per heavy atom. The van der Waals surface area contributed by atoms with E-state index in [2.05, 4.69) is 25.5 Å². The summed E-state index contributed by atoms with van der Waals surface area (Å²) in [5.74, 6) is -0.493. The Morgan fingerprint density at radius 2 is 1.71 bits per heavy atom. The SMILES string of the molecule is CN(C)c1ncc(-c2cccc(C[C@H](N)C(=O)N(C(=O)C3CCC(CNC(=O)OC(C)(C)C)CC3)c3ccc4c(=O)[nH][nH]c4c3)c2)cn1. The van der Waals surface area contributed by atoms with Gasteiger partial charge in [0.05, 0.1) is 22.6 Å². The molecule has 2 heterocycles. The molecule has 48 heavy (non-hydrogen) atoms. The Bertz CT molecular complexity index is 1820. The van der Waals surface area contributed by atoms with Gasteiger partial charge in [0, 0.05) is 44.5 Å². The lowest BCUT2D eigenvalue weighted by atomic mass is 9.81. The van der Waals surface area contributed by atoms with Crippen LogP contribution in [-0.4, -0.2) is 70.4 Å². The van der Waals surface area contributed by atoms with Crippen LogP contribution in [0.3, 0.4) is 0 Å². The first-order valence-electron chi connectivity index (χ1n) is 16.2. The normalized spacial score (nSPS) is 17.0. The van der Waals surface area contributed by atoms with E-state index in [0.29, 0.717) is 54.8 Å². The van der Waals surface area contributed by atoms with Crippen molar-refractivity contribution in [3.8, 4) is 11.1 Å². The molecular formula is C35H44N8O5. The van der Waals surface area contributed by atoms with Gasteiger partial charge in [-0.15, -0.1) is 0 Å². The van der Waals surface area contributed by atoms with Crippen LogP contribution in [-0.2, 0) is 20.7 Å². The largest absolute Gasteiger partial charge is 0.444 e. The van der Waals surface area contributed by atoms with Crippen LogP contribution >= 0.6 is 0 Å². The number of aromatic nitrogens is 4. The summed E-state index contributed by atoms with van der Waals surface area (Å²) in [6.07, 6.45) is 5.74. The number of fused-ring (bicyclic) bond motifs is 1. The fraction of sp³-hybridized carbons (Fsp3) is 0.429. The van der Waals surface area contributed by atoms with Crippen LogP contribution in [0.15, 0.2) is 59.7 Å². The molecule has 0 saturated heterocycles. The zero-order chi connectivity index (χ0) is 34.6. The highest BCUT2D eigenvalue weighted by Crippen LogP contribution is 2.32. The molecule has 13 heteroatoms. The molecule has 1 fully saturated rings. The lowest BCUT2D eigenvalue weighted by molar-refractivity contribution is -0.130. The number of anilines is 2. The smallest absolute Gasteiger partial charge is 0.407 e. The van der Waals surface area contributed by atoms with E-state index in [9.17, 15) is 19.2 Å². The summed E-state index contributed by atoms with van der Waals surface area (Å²) in [6.45, 7) is 5.88. The van der Waals surface area contributed by atoms with Gasteiger partial charge >= 0.3 is 6.09 Å². The van der Waals surface area contributed by atoms with Crippen LogP contribution in [0.5, 0.6) is 0 Å². The number of nitrogens with two attached hydrogens (primary N) is 1. The van der Waals surface area contributed by atoms with Gasteiger partial charge < -0.3 is 20.7 Å². The van der Waals surface area contributed by atoms with E-state index in [-0.39, 0.29) is 23.8 Å². The molecule has 0 bridgehead atoms. The molecule has 1 saturated carbocycles. The highest BCUT2D eigenvalue weighted by Gasteiger charge is 2.35. The number of aromatic amines is 2. The van der Waals surface area contributed by atoms with Crippen molar-refractivity contribution < 1.29 is 19.1 Å². The summed E-state index contributed by atoms with van der Waals surface area (Å²) in [6, 6.07) is 11.4. The molecule has 5 rings (SSSR count). The van der Waals surface area contributed by atoms with Gasteiger partial charge in [-0.25, -0.2) is 19.7 Å². The van der Waals surface area contributed by atoms with E-state index in [1.54, 1.807) is 30.6 Å². The van der Waals surface area contributed by atoms with Crippen LogP contribution in [0.1, 0.15) is 52.0 Å². The van der Waals surface area contributed by atoms with Crippen molar-refractivity contribution in [3.63, 3.8) is 0 Å². The summed E-state index contributed by atoms with van der Waals surface area (Å²) in [4.78, 5) is 64.3. The fourth-order valence-corrected chi connectivity index (χ4v) is 5.95. The number of alkyl carbamates (subject to hydrolysis) is 1. The van der Waals surface area contributed by atoms with Gasteiger partial charge in [-0.3, -0.25) is 24.6 Å². The van der Waals surface area contributed by atoms with Crippen molar-refractivity contribution in [2.45, 2.75) is 64.5 Å². The van der Waals surface area contributed by atoms with Crippen LogP contribution in [0.25, 0.3) is 22.0 Å². The average molecular weight is 657 g/mol. The minimum Gasteiger partial charge on any atom is -0.444 e. The average Bonchev–Trinajstić information content (AvgIpc) is 3.43. The van der Waals surface area contributed by atoms with Gasteiger partial charge in [-0.05, 0) is 88.1 Å². The Kier molecular flexibility index (Phi) is 10.3. The molecule has 5 N–H and O–H groups in total. The maximum Gasteiger partial charge on any atom is 0.407 e. The number of hydrogen-bond donors (Lipinski definition) is 4. The number of benzene rings is 2.